The van der Waals surface area contributed by atoms with E-state index in [-0.39, 0.29) is 41.2 Å². The summed E-state index contributed by atoms with van der Waals surface area (Å²) in [5, 5.41) is 6.20. The van der Waals surface area contributed by atoms with Crippen LogP contribution in [0.2, 0.25) is 0 Å². The van der Waals surface area contributed by atoms with Gasteiger partial charge in [0.1, 0.15) is 10.7 Å². The van der Waals surface area contributed by atoms with Gasteiger partial charge in [0, 0.05) is 44.8 Å². The van der Waals surface area contributed by atoms with Crippen molar-refractivity contribution in [1.82, 2.24) is 20.3 Å². The highest BCUT2D eigenvalue weighted by atomic mass is 127. The molecule has 11 heteroatoms. The highest BCUT2D eigenvalue weighted by Crippen LogP contribution is 2.16. The Morgan fingerprint density at radius 1 is 1.21 bits per heavy atom. The Morgan fingerprint density at radius 3 is 2.66 bits per heavy atom. The summed E-state index contributed by atoms with van der Waals surface area (Å²) in [6.45, 7) is 1.02. The van der Waals surface area contributed by atoms with Gasteiger partial charge in [0.25, 0.3) is 0 Å². The third-order valence-corrected chi connectivity index (χ3v) is 5.84. The lowest BCUT2D eigenvalue weighted by Gasteiger charge is -2.14. The number of nitrogens with one attached hydrogen (secondary N) is 3. The molecule has 1 heterocycles. The van der Waals surface area contributed by atoms with Crippen LogP contribution in [0.4, 0.5) is 4.39 Å². The molecule has 2 rings (SSSR count). The van der Waals surface area contributed by atoms with Crippen molar-refractivity contribution >= 4 is 51.7 Å². The van der Waals surface area contributed by atoms with Gasteiger partial charge >= 0.3 is 0 Å². The van der Waals surface area contributed by atoms with Crippen molar-refractivity contribution in [2.45, 2.75) is 17.2 Å². The smallest absolute Gasteiger partial charge is 0.242 e. The molecule has 1 aromatic carbocycles. The van der Waals surface area contributed by atoms with Crippen molar-refractivity contribution in [3.8, 4) is 0 Å². The van der Waals surface area contributed by atoms with E-state index in [1.807, 2.05) is 6.26 Å². The van der Waals surface area contributed by atoms with Crippen LogP contribution in [0.5, 0.6) is 0 Å². The fourth-order valence-corrected chi connectivity index (χ4v) is 3.99. The minimum absolute atomic E-state index is 0. The monoisotopic (exact) mass is 553 g/mol. The number of benzene rings is 1. The van der Waals surface area contributed by atoms with Gasteiger partial charge in [0.05, 0.1) is 0 Å². The zero-order chi connectivity index (χ0) is 20.4. The average Bonchev–Trinajstić information content (AvgIpc) is 2.69. The van der Waals surface area contributed by atoms with Crippen molar-refractivity contribution in [2.75, 3.05) is 26.4 Å². The summed E-state index contributed by atoms with van der Waals surface area (Å²) in [5.74, 6) is 0.993. The molecule has 0 saturated heterocycles. The molecule has 7 nitrogen and oxygen atoms in total. The van der Waals surface area contributed by atoms with Crippen molar-refractivity contribution in [1.29, 1.82) is 0 Å². The van der Waals surface area contributed by atoms with E-state index in [1.54, 1.807) is 30.9 Å². The molecule has 0 radical (unpaired) electrons. The largest absolute Gasteiger partial charge is 0.355 e. The van der Waals surface area contributed by atoms with Gasteiger partial charge < -0.3 is 10.6 Å². The Morgan fingerprint density at radius 2 is 2.00 bits per heavy atom. The van der Waals surface area contributed by atoms with E-state index in [1.165, 1.54) is 30.6 Å². The molecular weight excluding hydrogens is 528 g/mol. The topological polar surface area (TPSA) is 95.5 Å². The third-order valence-electron chi connectivity index (χ3n) is 3.79. The number of rotatable bonds is 9. The van der Waals surface area contributed by atoms with Crippen LogP contribution in [0, 0.1) is 5.82 Å². The van der Waals surface area contributed by atoms with Crippen molar-refractivity contribution in [3.05, 3.63) is 59.7 Å². The van der Waals surface area contributed by atoms with E-state index in [2.05, 4.69) is 25.3 Å². The van der Waals surface area contributed by atoms with Crippen LogP contribution in [0.25, 0.3) is 0 Å². The minimum Gasteiger partial charge on any atom is -0.355 e. The van der Waals surface area contributed by atoms with Crippen molar-refractivity contribution in [3.63, 3.8) is 0 Å². The van der Waals surface area contributed by atoms with Gasteiger partial charge in [-0.2, -0.15) is 11.8 Å². The first kappa shape index (κ1) is 25.6. The van der Waals surface area contributed by atoms with E-state index in [0.29, 0.717) is 19.0 Å². The molecule has 0 atom stereocenters. The molecule has 0 amide bonds. The van der Waals surface area contributed by atoms with E-state index >= 15 is 0 Å². The lowest BCUT2D eigenvalue weighted by Crippen LogP contribution is -2.41. The number of halogens is 2. The normalized spacial score (nSPS) is 11.6. The molecular formula is C18H25FIN5O2S2. The van der Waals surface area contributed by atoms with Crippen LogP contribution in [0.15, 0.2) is 52.6 Å². The Bertz CT molecular complexity index is 898. The lowest BCUT2D eigenvalue weighted by atomic mass is 10.1. The summed E-state index contributed by atoms with van der Waals surface area (Å²) in [6.07, 6.45) is 4.78. The summed E-state index contributed by atoms with van der Waals surface area (Å²) in [6, 6.07) is 7.78. The Kier molecular flexibility index (Phi) is 11.5. The second kappa shape index (κ2) is 13.0. The summed E-state index contributed by atoms with van der Waals surface area (Å²) < 4.78 is 40.2. The van der Waals surface area contributed by atoms with Gasteiger partial charge in [0.15, 0.2) is 5.96 Å². The molecule has 0 fully saturated rings. The molecule has 2 aromatic rings. The molecule has 0 spiro atoms. The van der Waals surface area contributed by atoms with Gasteiger partial charge in [-0.15, -0.1) is 24.0 Å². The molecule has 160 valence electrons. The standard InChI is InChI=1S/C18H24FN5O2S2.HI/c1-20-18(23-11-14-5-6-16(19)10-15(14)13-27-2)22-8-9-24-28(25,26)17-4-3-7-21-12-17;/h3-7,10,12,24H,8-9,11,13H2,1-2H3,(H2,20,22,23);1H. The fourth-order valence-electron chi connectivity index (χ4n) is 2.41. The zero-order valence-corrected chi connectivity index (χ0v) is 20.1. The Balaban J connectivity index is 0.00000420. The van der Waals surface area contributed by atoms with E-state index < -0.39 is 10.0 Å². The molecule has 0 aliphatic heterocycles. The van der Waals surface area contributed by atoms with Crippen molar-refractivity contribution in [2.24, 2.45) is 4.99 Å². The summed E-state index contributed by atoms with van der Waals surface area (Å²) in [7, 11) is -1.96. The maximum Gasteiger partial charge on any atom is 0.242 e. The first-order chi connectivity index (χ1) is 13.5. The van der Waals surface area contributed by atoms with E-state index in [0.717, 1.165) is 16.9 Å². The maximum absolute atomic E-state index is 13.4. The first-order valence-corrected chi connectivity index (χ1v) is 11.4. The second-order valence-corrected chi connectivity index (χ2v) is 8.42. The quantitative estimate of drug-likeness (QED) is 0.191. The predicted molar refractivity (Wildman–Crippen MR) is 127 cm³/mol. The maximum atomic E-state index is 13.4. The molecule has 0 aliphatic carbocycles. The van der Waals surface area contributed by atoms with Crippen LogP contribution in [0.1, 0.15) is 11.1 Å². The molecule has 0 aliphatic rings. The number of sulfonamides is 1. The second-order valence-electron chi connectivity index (χ2n) is 5.79. The van der Waals surface area contributed by atoms with E-state index in [9.17, 15) is 12.8 Å². The number of guanidine groups is 1. The predicted octanol–water partition coefficient (Wildman–Crippen LogP) is 2.35. The highest BCUT2D eigenvalue weighted by molar-refractivity contribution is 14.0. The van der Waals surface area contributed by atoms with Gasteiger partial charge in [-0.3, -0.25) is 9.98 Å². The first-order valence-electron chi connectivity index (χ1n) is 8.56. The number of hydrogen-bond acceptors (Lipinski definition) is 5. The molecule has 0 bridgehead atoms. The molecule has 0 unspecified atom stereocenters. The zero-order valence-electron chi connectivity index (χ0n) is 16.2. The molecule has 0 saturated carbocycles. The molecule has 3 N–H and O–H groups in total. The number of pyridine rings is 1. The summed E-state index contributed by atoms with van der Waals surface area (Å²) in [5.41, 5.74) is 1.91. The van der Waals surface area contributed by atoms with Crippen LogP contribution >= 0.6 is 35.7 Å². The Hall–Kier alpha value is -1.44. The fraction of sp³-hybridized carbons (Fsp3) is 0.333. The Labute approximate surface area is 192 Å². The number of aliphatic imine (C=N–C) groups is 1. The molecule has 29 heavy (non-hydrogen) atoms. The van der Waals surface area contributed by atoms with Gasteiger partial charge in [-0.05, 0) is 41.6 Å². The average molecular weight is 553 g/mol. The number of nitrogens with zero attached hydrogens (tertiary/aromatic N) is 2. The van der Waals surface area contributed by atoms with Crippen LogP contribution in [-0.4, -0.2) is 45.8 Å². The van der Waals surface area contributed by atoms with Crippen molar-refractivity contribution < 1.29 is 12.8 Å². The highest BCUT2D eigenvalue weighted by Gasteiger charge is 2.13. The number of thioether (sulfide) groups is 1. The van der Waals surface area contributed by atoms with Crippen LogP contribution < -0.4 is 15.4 Å². The SMILES string of the molecule is CN=C(NCCNS(=O)(=O)c1cccnc1)NCc1ccc(F)cc1CSC.I. The van der Waals surface area contributed by atoms with E-state index in [4.69, 9.17) is 0 Å². The lowest BCUT2D eigenvalue weighted by molar-refractivity contribution is 0.580. The summed E-state index contributed by atoms with van der Waals surface area (Å²) >= 11 is 1.62. The third kappa shape index (κ3) is 8.44. The molecule has 1 aromatic heterocycles. The van der Waals surface area contributed by atoms with Crippen LogP contribution in [-0.2, 0) is 22.3 Å². The van der Waals surface area contributed by atoms with Gasteiger partial charge in [-0.25, -0.2) is 17.5 Å². The van der Waals surface area contributed by atoms with Gasteiger partial charge in [-0.1, -0.05) is 6.07 Å². The summed E-state index contributed by atoms with van der Waals surface area (Å²) in [4.78, 5) is 8.05. The number of aromatic nitrogens is 1. The number of hydrogen-bond donors (Lipinski definition) is 3. The van der Waals surface area contributed by atoms with Gasteiger partial charge in [0.2, 0.25) is 10.0 Å². The van der Waals surface area contributed by atoms with Crippen LogP contribution in [0.3, 0.4) is 0 Å². The minimum atomic E-state index is -3.59.